The van der Waals surface area contributed by atoms with Gasteiger partial charge in [-0.3, -0.25) is 14.5 Å². The van der Waals surface area contributed by atoms with Gasteiger partial charge in [0.05, 0.1) is 31.9 Å². The lowest BCUT2D eigenvalue weighted by Crippen LogP contribution is -2.43. The Balaban J connectivity index is 1.49. The predicted octanol–water partition coefficient (Wildman–Crippen LogP) is 0.567. The number of piperidine rings is 1. The minimum atomic E-state index is -3.29. The number of morpholine rings is 1. The molecule has 2 fully saturated rings. The van der Waals surface area contributed by atoms with E-state index >= 15 is 0 Å². The molecular weight excluding hydrogens is 396 g/mol. The van der Waals surface area contributed by atoms with Crippen molar-refractivity contribution >= 4 is 33.2 Å². The molecule has 2 aliphatic rings. The molecule has 0 saturated carbocycles. The molecule has 0 aliphatic carbocycles. The Morgan fingerprint density at radius 2 is 1.69 bits per heavy atom. The normalized spacial score (nSPS) is 21.5. The summed E-state index contributed by atoms with van der Waals surface area (Å²) < 4.78 is 30.1. The molecule has 1 aromatic rings. The number of ether oxygens (including phenoxy) is 1. The van der Waals surface area contributed by atoms with E-state index in [0.29, 0.717) is 50.5 Å². The maximum Gasteiger partial charge on any atom is 0.238 e. The summed E-state index contributed by atoms with van der Waals surface area (Å²) in [6.07, 6.45) is 2.49. The molecule has 29 heavy (non-hydrogen) atoms. The summed E-state index contributed by atoms with van der Waals surface area (Å²) in [7, 11) is -3.29. The highest BCUT2D eigenvalue weighted by molar-refractivity contribution is 7.88. The molecule has 160 valence electrons. The van der Waals surface area contributed by atoms with E-state index in [9.17, 15) is 18.0 Å². The number of carbonyl (C=O) groups excluding carboxylic acids is 2. The largest absolute Gasteiger partial charge is 0.379 e. The molecule has 2 aliphatic heterocycles. The average Bonchev–Trinajstić information content (AvgIpc) is 2.69. The summed E-state index contributed by atoms with van der Waals surface area (Å²) in [5.74, 6) is -0.652. The van der Waals surface area contributed by atoms with E-state index in [-0.39, 0.29) is 24.3 Å². The third kappa shape index (κ3) is 6.49. The highest BCUT2D eigenvalue weighted by atomic mass is 32.2. The van der Waals surface area contributed by atoms with Gasteiger partial charge in [0.25, 0.3) is 0 Å². The first-order chi connectivity index (χ1) is 13.8. The Kier molecular flexibility index (Phi) is 7.23. The maximum absolute atomic E-state index is 12.5. The van der Waals surface area contributed by atoms with Gasteiger partial charge in [0.15, 0.2) is 0 Å². The van der Waals surface area contributed by atoms with Crippen LogP contribution in [0.25, 0.3) is 0 Å². The summed E-state index contributed by atoms with van der Waals surface area (Å²) in [6.45, 7) is 3.77. The number of hydrogen-bond donors (Lipinski definition) is 2. The molecule has 2 amide bonds. The molecule has 1 unspecified atom stereocenters. The Morgan fingerprint density at radius 1 is 1.07 bits per heavy atom. The first-order valence-corrected chi connectivity index (χ1v) is 11.6. The van der Waals surface area contributed by atoms with Crippen molar-refractivity contribution in [1.82, 2.24) is 9.21 Å². The summed E-state index contributed by atoms with van der Waals surface area (Å²) in [4.78, 5) is 26.7. The number of rotatable bonds is 6. The quantitative estimate of drug-likeness (QED) is 0.691. The Morgan fingerprint density at radius 3 is 2.31 bits per heavy atom. The monoisotopic (exact) mass is 424 g/mol. The fraction of sp³-hybridized carbons (Fsp3) is 0.579. The molecule has 9 nitrogen and oxygen atoms in total. The summed E-state index contributed by atoms with van der Waals surface area (Å²) in [6, 6.07) is 6.91. The zero-order valence-corrected chi connectivity index (χ0v) is 17.4. The van der Waals surface area contributed by atoms with Crippen molar-refractivity contribution in [2.45, 2.75) is 12.8 Å². The van der Waals surface area contributed by atoms with Crippen molar-refractivity contribution in [3.63, 3.8) is 0 Å². The first kappa shape index (κ1) is 21.7. The van der Waals surface area contributed by atoms with Crippen molar-refractivity contribution in [1.29, 1.82) is 0 Å². The van der Waals surface area contributed by atoms with E-state index in [1.54, 1.807) is 24.3 Å². The van der Waals surface area contributed by atoms with Gasteiger partial charge >= 0.3 is 0 Å². The molecule has 2 N–H and O–H groups in total. The lowest BCUT2D eigenvalue weighted by Gasteiger charge is -2.30. The van der Waals surface area contributed by atoms with Crippen LogP contribution in [0.4, 0.5) is 11.4 Å². The van der Waals surface area contributed by atoms with Gasteiger partial charge in [0, 0.05) is 37.6 Å². The summed E-state index contributed by atoms with van der Waals surface area (Å²) in [5, 5.41) is 5.68. The standard InChI is InChI=1S/C19H28N4O5S/c1-29(26,27)23-8-2-3-15(13-23)19(25)21-17-6-4-16(5-7-17)20-18(24)14-22-9-11-28-12-10-22/h4-7,15H,2-3,8-14H2,1H3,(H,20,24)(H,21,25). The van der Waals surface area contributed by atoms with Crippen molar-refractivity contribution < 1.29 is 22.7 Å². The number of sulfonamides is 1. The number of hydrogen-bond acceptors (Lipinski definition) is 6. The second-order valence-electron chi connectivity index (χ2n) is 7.46. The van der Waals surface area contributed by atoms with Crippen LogP contribution in [0.3, 0.4) is 0 Å². The molecule has 0 spiro atoms. The Labute approximate surface area is 171 Å². The zero-order valence-electron chi connectivity index (χ0n) is 16.6. The second kappa shape index (κ2) is 9.66. The molecule has 2 heterocycles. The molecule has 1 aromatic carbocycles. The van der Waals surface area contributed by atoms with Gasteiger partial charge in [0.1, 0.15) is 0 Å². The van der Waals surface area contributed by atoms with Gasteiger partial charge < -0.3 is 15.4 Å². The van der Waals surface area contributed by atoms with Crippen molar-refractivity contribution in [3.05, 3.63) is 24.3 Å². The smallest absolute Gasteiger partial charge is 0.238 e. The van der Waals surface area contributed by atoms with E-state index < -0.39 is 10.0 Å². The van der Waals surface area contributed by atoms with Gasteiger partial charge in [-0.05, 0) is 37.1 Å². The van der Waals surface area contributed by atoms with Gasteiger partial charge in [-0.1, -0.05) is 0 Å². The number of nitrogens with zero attached hydrogens (tertiary/aromatic N) is 2. The van der Waals surface area contributed by atoms with Gasteiger partial charge in [-0.15, -0.1) is 0 Å². The SMILES string of the molecule is CS(=O)(=O)N1CCCC(C(=O)Nc2ccc(NC(=O)CN3CCOCC3)cc2)C1. The topological polar surface area (TPSA) is 108 Å². The number of carbonyl (C=O) groups is 2. The fourth-order valence-electron chi connectivity index (χ4n) is 3.50. The number of benzene rings is 1. The van der Waals surface area contributed by atoms with Crippen LogP contribution < -0.4 is 10.6 Å². The fourth-order valence-corrected chi connectivity index (χ4v) is 4.41. The van der Waals surface area contributed by atoms with Crippen LogP contribution in [0, 0.1) is 5.92 Å². The van der Waals surface area contributed by atoms with E-state index in [1.807, 2.05) is 4.90 Å². The molecule has 2 saturated heterocycles. The van der Waals surface area contributed by atoms with Crippen molar-refractivity contribution in [2.75, 3.05) is 62.8 Å². The van der Waals surface area contributed by atoms with E-state index in [1.165, 1.54) is 10.6 Å². The van der Waals surface area contributed by atoms with E-state index in [2.05, 4.69) is 10.6 Å². The third-order valence-electron chi connectivity index (χ3n) is 5.13. The van der Waals surface area contributed by atoms with Gasteiger partial charge in [0.2, 0.25) is 21.8 Å². The van der Waals surface area contributed by atoms with Crippen molar-refractivity contribution in [2.24, 2.45) is 5.92 Å². The third-order valence-corrected chi connectivity index (χ3v) is 6.40. The Bertz CT molecular complexity index is 822. The molecule has 1 atom stereocenters. The van der Waals surface area contributed by atoms with Gasteiger partial charge in [-0.2, -0.15) is 0 Å². The number of anilines is 2. The summed E-state index contributed by atoms with van der Waals surface area (Å²) in [5.41, 5.74) is 1.26. The van der Waals surface area contributed by atoms with Gasteiger partial charge in [-0.25, -0.2) is 12.7 Å². The number of amides is 2. The Hall–Kier alpha value is -2.01. The van der Waals surface area contributed by atoms with Crippen LogP contribution in [-0.4, -0.2) is 81.6 Å². The van der Waals surface area contributed by atoms with E-state index in [0.717, 1.165) is 13.1 Å². The molecule has 10 heteroatoms. The van der Waals surface area contributed by atoms with Crippen molar-refractivity contribution in [3.8, 4) is 0 Å². The second-order valence-corrected chi connectivity index (χ2v) is 9.45. The summed E-state index contributed by atoms with van der Waals surface area (Å²) >= 11 is 0. The molecule has 0 bridgehead atoms. The van der Waals surface area contributed by atoms with Crippen LogP contribution in [0.1, 0.15) is 12.8 Å². The van der Waals surface area contributed by atoms with Crippen LogP contribution >= 0.6 is 0 Å². The minimum absolute atomic E-state index is 0.0910. The predicted molar refractivity (Wildman–Crippen MR) is 110 cm³/mol. The lowest BCUT2D eigenvalue weighted by molar-refractivity contribution is -0.121. The molecule has 3 rings (SSSR count). The molecular formula is C19H28N4O5S. The number of nitrogens with one attached hydrogen (secondary N) is 2. The van der Waals surface area contributed by atoms with Crippen LogP contribution in [0.15, 0.2) is 24.3 Å². The van der Waals surface area contributed by atoms with Crippen LogP contribution in [0.5, 0.6) is 0 Å². The highest BCUT2D eigenvalue weighted by Crippen LogP contribution is 2.21. The lowest BCUT2D eigenvalue weighted by atomic mass is 9.98. The average molecular weight is 425 g/mol. The van der Waals surface area contributed by atoms with Crippen LogP contribution in [0.2, 0.25) is 0 Å². The minimum Gasteiger partial charge on any atom is -0.379 e. The van der Waals surface area contributed by atoms with Crippen LogP contribution in [-0.2, 0) is 24.3 Å². The first-order valence-electron chi connectivity index (χ1n) is 9.77. The maximum atomic E-state index is 12.5. The van der Waals surface area contributed by atoms with E-state index in [4.69, 9.17) is 4.74 Å². The molecule has 0 radical (unpaired) electrons. The molecule has 0 aromatic heterocycles. The zero-order chi connectivity index (χ0) is 20.9. The highest BCUT2D eigenvalue weighted by Gasteiger charge is 2.30.